The average Bonchev–Trinajstić information content (AvgIpc) is 2.39. The summed E-state index contributed by atoms with van der Waals surface area (Å²) < 4.78 is 0. The monoisotopic (exact) mass is 283 g/mol. The lowest BCUT2D eigenvalue weighted by atomic mass is 10.0. The first kappa shape index (κ1) is 16.2. The Hall–Kier alpha value is -0.830. The van der Waals surface area contributed by atoms with Gasteiger partial charge in [0.1, 0.15) is 17.3 Å². The smallest absolute Gasteiger partial charge is 0.138 e. The SMILES string of the molecule is CCC(CC)CN(CC)c1ncnc(Cl)c1C(C)C. The number of hydrogen-bond acceptors (Lipinski definition) is 3. The normalized spacial score (nSPS) is 11.4. The second-order valence-electron chi connectivity index (χ2n) is 5.28. The zero-order valence-corrected chi connectivity index (χ0v) is 13.5. The molecule has 19 heavy (non-hydrogen) atoms. The van der Waals surface area contributed by atoms with E-state index >= 15 is 0 Å². The standard InChI is InChI=1S/C15H26ClN3/c1-6-12(7-2)9-19(8-3)15-13(11(4)5)14(16)17-10-18-15/h10-12H,6-9H2,1-5H3. The minimum absolute atomic E-state index is 0.333. The molecule has 0 unspecified atom stereocenters. The molecule has 108 valence electrons. The molecule has 0 spiro atoms. The van der Waals surface area contributed by atoms with E-state index in [1.165, 1.54) is 12.8 Å². The van der Waals surface area contributed by atoms with Crippen molar-refractivity contribution in [1.29, 1.82) is 0 Å². The quantitative estimate of drug-likeness (QED) is 0.689. The second-order valence-corrected chi connectivity index (χ2v) is 5.64. The van der Waals surface area contributed by atoms with Crippen LogP contribution in [-0.2, 0) is 0 Å². The first-order valence-corrected chi connectivity index (χ1v) is 7.68. The molecule has 0 aliphatic rings. The van der Waals surface area contributed by atoms with Gasteiger partial charge in [-0.1, -0.05) is 52.1 Å². The van der Waals surface area contributed by atoms with Crippen LogP contribution >= 0.6 is 11.6 Å². The van der Waals surface area contributed by atoms with Crippen molar-refractivity contribution in [3.8, 4) is 0 Å². The molecule has 1 rings (SSSR count). The molecule has 1 aromatic heterocycles. The van der Waals surface area contributed by atoms with Crippen LogP contribution in [0.25, 0.3) is 0 Å². The first-order chi connectivity index (χ1) is 9.04. The van der Waals surface area contributed by atoms with Crippen molar-refractivity contribution in [2.75, 3.05) is 18.0 Å². The number of aromatic nitrogens is 2. The lowest BCUT2D eigenvalue weighted by Crippen LogP contribution is -2.31. The minimum Gasteiger partial charge on any atom is -0.356 e. The van der Waals surface area contributed by atoms with Crippen LogP contribution in [0.3, 0.4) is 0 Å². The molecule has 0 bridgehead atoms. The molecule has 0 saturated heterocycles. The van der Waals surface area contributed by atoms with Crippen molar-refractivity contribution < 1.29 is 0 Å². The number of rotatable bonds is 7. The number of nitrogens with zero attached hydrogens (tertiary/aromatic N) is 3. The molecule has 0 aliphatic heterocycles. The molecular weight excluding hydrogens is 258 g/mol. The lowest BCUT2D eigenvalue weighted by molar-refractivity contribution is 0.483. The summed E-state index contributed by atoms with van der Waals surface area (Å²) in [6.07, 6.45) is 3.96. The molecule has 4 heteroatoms. The van der Waals surface area contributed by atoms with E-state index in [0.29, 0.717) is 17.0 Å². The van der Waals surface area contributed by atoms with Gasteiger partial charge in [-0.3, -0.25) is 0 Å². The third-order valence-electron chi connectivity index (χ3n) is 3.71. The molecule has 0 aromatic carbocycles. The van der Waals surface area contributed by atoms with Crippen LogP contribution in [-0.4, -0.2) is 23.1 Å². The molecule has 0 fully saturated rings. The summed E-state index contributed by atoms with van der Waals surface area (Å²) in [5.74, 6) is 2.04. The van der Waals surface area contributed by atoms with Gasteiger partial charge in [-0.25, -0.2) is 9.97 Å². The highest BCUT2D eigenvalue weighted by atomic mass is 35.5. The predicted octanol–water partition coefficient (Wildman–Crippen LogP) is 4.52. The highest BCUT2D eigenvalue weighted by molar-refractivity contribution is 6.30. The number of hydrogen-bond donors (Lipinski definition) is 0. The summed E-state index contributed by atoms with van der Waals surface area (Å²) in [6, 6.07) is 0. The van der Waals surface area contributed by atoms with E-state index in [1.54, 1.807) is 6.33 Å². The number of anilines is 1. The lowest BCUT2D eigenvalue weighted by Gasteiger charge is -2.29. The van der Waals surface area contributed by atoms with Crippen LogP contribution in [0.2, 0.25) is 5.15 Å². The topological polar surface area (TPSA) is 29.0 Å². The predicted molar refractivity (Wildman–Crippen MR) is 83.1 cm³/mol. The molecule has 3 nitrogen and oxygen atoms in total. The largest absolute Gasteiger partial charge is 0.356 e. The third-order valence-corrected chi connectivity index (χ3v) is 4.01. The summed E-state index contributed by atoms with van der Waals surface area (Å²) in [5, 5.41) is 0.586. The molecular formula is C15H26ClN3. The van der Waals surface area contributed by atoms with Crippen molar-refractivity contribution in [1.82, 2.24) is 9.97 Å². The average molecular weight is 284 g/mol. The Bertz CT molecular complexity index is 389. The molecule has 0 N–H and O–H groups in total. The van der Waals surface area contributed by atoms with Gasteiger partial charge in [-0.15, -0.1) is 0 Å². The Morgan fingerprint density at radius 2 is 1.79 bits per heavy atom. The summed E-state index contributed by atoms with van der Waals surface area (Å²) >= 11 is 6.25. The maximum atomic E-state index is 6.25. The van der Waals surface area contributed by atoms with E-state index in [9.17, 15) is 0 Å². The van der Waals surface area contributed by atoms with E-state index in [0.717, 1.165) is 24.5 Å². The third kappa shape index (κ3) is 4.07. The van der Waals surface area contributed by atoms with Gasteiger partial charge >= 0.3 is 0 Å². The van der Waals surface area contributed by atoms with Crippen molar-refractivity contribution in [2.45, 2.75) is 53.4 Å². The molecule has 0 saturated carbocycles. The molecule has 0 aliphatic carbocycles. The van der Waals surface area contributed by atoms with Gasteiger partial charge in [0.05, 0.1) is 0 Å². The van der Waals surface area contributed by atoms with Gasteiger partial charge in [0, 0.05) is 18.7 Å². The fraction of sp³-hybridized carbons (Fsp3) is 0.733. The van der Waals surface area contributed by atoms with Crippen molar-refractivity contribution in [3.05, 3.63) is 17.0 Å². The van der Waals surface area contributed by atoms with E-state index in [2.05, 4.69) is 49.5 Å². The maximum Gasteiger partial charge on any atom is 0.138 e. The van der Waals surface area contributed by atoms with Crippen LogP contribution in [0.4, 0.5) is 5.82 Å². The second kappa shape index (κ2) is 7.68. The summed E-state index contributed by atoms with van der Waals surface area (Å²) in [4.78, 5) is 10.9. The van der Waals surface area contributed by atoms with Gasteiger partial charge in [-0.2, -0.15) is 0 Å². The van der Waals surface area contributed by atoms with E-state index in [1.807, 2.05) is 0 Å². The van der Waals surface area contributed by atoms with Crippen molar-refractivity contribution >= 4 is 17.4 Å². The zero-order valence-electron chi connectivity index (χ0n) is 12.8. The number of halogens is 1. The fourth-order valence-electron chi connectivity index (χ4n) is 2.34. The van der Waals surface area contributed by atoms with Gasteiger partial charge in [0.25, 0.3) is 0 Å². The van der Waals surface area contributed by atoms with Crippen molar-refractivity contribution in [3.63, 3.8) is 0 Å². The van der Waals surface area contributed by atoms with Crippen LogP contribution in [0, 0.1) is 5.92 Å². The highest BCUT2D eigenvalue weighted by Gasteiger charge is 2.19. The molecule has 0 atom stereocenters. The van der Waals surface area contributed by atoms with Crippen LogP contribution < -0.4 is 4.90 Å². The van der Waals surface area contributed by atoms with Crippen LogP contribution in [0.5, 0.6) is 0 Å². The molecule has 1 aromatic rings. The van der Waals surface area contributed by atoms with Gasteiger partial charge in [0.15, 0.2) is 0 Å². The van der Waals surface area contributed by atoms with Gasteiger partial charge in [-0.05, 0) is 18.8 Å². The van der Waals surface area contributed by atoms with Crippen LogP contribution in [0.1, 0.15) is 58.9 Å². The van der Waals surface area contributed by atoms with Gasteiger partial charge < -0.3 is 4.90 Å². The maximum absolute atomic E-state index is 6.25. The Balaban J connectivity index is 3.07. The summed E-state index contributed by atoms with van der Waals surface area (Å²) in [7, 11) is 0. The van der Waals surface area contributed by atoms with Crippen molar-refractivity contribution in [2.24, 2.45) is 5.92 Å². The van der Waals surface area contributed by atoms with Crippen LogP contribution in [0.15, 0.2) is 6.33 Å². The Labute approximate surface area is 122 Å². The zero-order chi connectivity index (χ0) is 14.4. The minimum atomic E-state index is 0.333. The molecule has 0 amide bonds. The van der Waals surface area contributed by atoms with E-state index < -0.39 is 0 Å². The Kier molecular flexibility index (Phi) is 6.56. The molecule has 1 heterocycles. The Morgan fingerprint density at radius 1 is 1.16 bits per heavy atom. The van der Waals surface area contributed by atoms with E-state index in [4.69, 9.17) is 11.6 Å². The molecule has 0 radical (unpaired) electrons. The van der Waals surface area contributed by atoms with Gasteiger partial charge in [0.2, 0.25) is 0 Å². The summed E-state index contributed by atoms with van der Waals surface area (Å²) in [5.41, 5.74) is 1.07. The highest BCUT2D eigenvalue weighted by Crippen LogP contribution is 2.31. The Morgan fingerprint density at radius 3 is 2.26 bits per heavy atom. The first-order valence-electron chi connectivity index (χ1n) is 7.30. The van der Waals surface area contributed by atoms with E-state index in [-0.39, 0.29) is 0 Å². The fourth-order valence-corrected chi connectivity index (χ4v) is 2.68. The summed E-state index contributed by atoms with van der Waals surface area (Å²) in [6.45, 7) is 12.9.